The van der Waals surface area contributed by atoms with Crippen molar-refractivity contribution in [2.45, 2.75) is 12.8 Å². The van der Waals surface area contributed by atoms with Crippen LogP contribution in [-0.2, 0) is 0 Å². The Labute approximate surface area is 140 Å². The smallest absolute Gasteiger partial charge is 0.193 e. The fourth-order valence-electron chi connectivity index (χ4n) is 2.98. The first-order chi connectivity index (χ1) is 11.2. The normalized spacial score (nSPS) is 19.4. The van der Waals surface area contributed by atoms with Crippen molar-refractivity contribution in [1.29, 1.82) is 0 Å². The zero-order valence-corrected chi connectivity index (χ0v) is 14.7. The van der Waals surface area contributed by atoms with Gasteiger partial charge in [0.1, 0.15) is 12.4 Å². The second kappa shape index (κ2) is 9.40. The van der Waals surface area contributed by atoms with Gasteiger partial charge >= 0.3 is 0 Å². The van der Waals surface area contributed by atoms with E-state index in [1.54, 1.807) is 0 Å². The minimum atomic E-state index is 0.646. The highest BCUT2D eigenvalue weighted by atomic mass is 16.5. The molecule has 0 aromatic heterocycles. The van der Waals surface area contributed by atoms with Crippen LogP contribution < -0.4 is 10.1 Å². The van der Waals surface area contributed by atoms with Crippen LogP contribution in [0.4, 0.5) is 0 Å². The zero-order valence-electron chi connectivity index (χ0n) is 14.7. The summed E-state index contributed by atoms with van der Waals surface area (Å²) < 4.78 is 5.75. The molecule has 128 valence electrons. The maximum absolute atomic E-state index is 5.75. The van der Waals surface area contributed by atoms with Gasteiger partial charge in [0, 0.05) is 27.2 Å². The van der Waals surface area contributed by atoms with Crippen LogP contribution >= 0.6 is 0 Å². The Morgan fingerprint density at radius 3 is 2.87 bits per heavy atom. The molecule has 1 saturated heterocycles. The van der Waals surface area contributed by atoms with Crippen LogP contribution in [0.1, 0.15) is 12.8 Å². The van der Waals surface area contributed by atoms with E-state index in [4.69, 9.17) is 4.74 Å². The van der Waals surface area contributed by atoms with Crippen LogP contribution in [0.25, 0.3) is 0 Å². The lowest BCUT2D eigenvalue weighted by molar-refractivity contribution is 0.209. The van der Waals surface area contributed by atoms with Gasteiger partial charge in [-0.05, 0) is 44.5 Å². The minimum Gasteiger partial charge on any atom is -0.492 e. The summed E-state index contributed by atoms with van der Waals surface area (Å²) in [5, 5.41) is 3.50. The Balaban J connectivity index is 1.69. The van der Waals surface area contributed by atoms with E-state index in [2.05, 4.69) is 34.2 Å². The SMILES string of the molecule is CN=C(NCC1CCCN(C)C1)N(C)CCOc1ccccc1. The van der Waals surface area contributed by atoms with Crippen molar-refractivity contribution >= 4 is 5.96 Å². The van der Waals surface area contributed by atoms with Gasteiger partial charge < -0.3 is 19.9 Å². The number of likely N-dealkylation sites (N-methyl/N-ethyl adjacent to an activating group) is 1. The quantitative estimate of drug-likeness (QED) is 0.642. The van der Waals surface area contributed by atoms with Gasteiger partial charge in [-0.15, -0.1) is 0 Å². The topological polar surface area (TPSA) is 40.1 Å². The Morgan fingerprint density at radius 1 is 1.39 bits per heavy atom. The van der Waals surface area contributed by atoms with Crippen LogP contribution in [0, 0.1) is 5.92 Å². The molecule has 1 aliphatic heterocycles. The lowest BCUT2D eigenvalue weighted by atomic mass is 9.99. The number of rotatable bonds is 6. The predicted molar refractivity (Wildman–Crippen MR) is 96.1 cm³/mol. The summed E-state index contributed by atoms with van der Waals surface area (Å²) >= 11 is 0. The number of likely N-dealkylation sites (tertiary alicyclic amines) is 1. The number of para-hydroxylation sites is 1. The summed E-state index contributed by atoms with van der Waals surface area (Å²) in [5.41, 5.74) is 0. The largest absolute Gasteiger partial charge is 0.492 e. The van der Waals surface area contributed by atoms with E-state index >= 15 is 0 Å². The van der Waals surface area contributed by atoms with Crippen molar-refractivity contribution in [3.8, 4) is 5.75 Å². The van der Waals surface area contributed by atoms with E-state index in [1.807, 2.05) is 37.4 Å². The molecule has 5 heteroatoms. The lowest BCUT2D eigenvalue weighted by Crippen LogP contribution is -2.45. The molecule has 0 bridgehead atoms. The molecule has 23 heavy (non-hydrogen) atoms. The third-order valence-corrected chi connectivity index (χ3v) is 4.28. The zero-order chi connectivity index (χ0) is 16.5. The maximum Gasteiger partial charge on any atom is 0.193 e. The highest BCUT2D eigenvalue weighted by Gasteiger charge is 2.17. The Bertz CT molecular complexity index is 477. The summed E-state index contributed by atoms with van der Waals surface area (Å²) in [6.07, 6.45) is 2.59. The number of piperidine rings is 1. The molecule has 2 rings (SSSR count). The first kappa shape index (κ1) is 17.6. The number of ether oxygens (including phenoxy) is 1. The molecule has 0 amide bonds. The molecule has 1 aliphatic rings. The molecule has 5 nitrogen and oxygen atoms in total. The maximum atomic E-state index is 5.75. The van der Waals surface area contributed by atoms with Crippen LogP contribution in [0.3, 0.4) is 0 Å². The highest BCUT2D eigenvalue weighted by Crippen LogP contribution is 2.14. The Kier molecular flexibility index (Phi) is 7.20. The Hall–Kier alpha value is -1.75. The van der Waals surface area contributed by atoms with Gasteiger partial charge in [0.05, 0.1) is 6.54 Å². The molecule has 1 fully saturated rings. The number of aliphatic imine (C=N–C) groups is 1. The summed E-state index contributed by atoms with van der Waals surface area (Å²) in [4.78, 5) is 8.91. The standard InChI is InChI=1S/C18H30N4O/c1-19-18(20-14-16-8-7-11-21(2)15-16)22(3)12-13-23-17-9-5-4-6-10-17/h4-6,9-10,16H,7-8,11-15H2,1-3H3,(H,19,20). The van der Waals surface area contributed by atoms with Crippen molar-refractivity contribution in [2.75, 3.05) is 53.9 Å². The van der Waals surface area contributed by atoms with Crippen molar-refractivity contribution in [3.63, 3.8) is 0 Å². The van der Waals surface area contributed by atoms with E-state index in [0.717, 1.165) is 24.8 Å². The van der Waals surface area contributed by atoms with Crippen molar-refractivity contribution in [1.82, 2.24) is 15.1 Å². The van der Waals surface area contributed by atoms with Crippen LogP contribution in [0.2, 0.25) is 0 Å². The van der Waals surface area contributed by atoms with Gasteiger partial charge in [0.2, 0.25) is 0 Å². The average molecular weight is 318 g/mol. The number of benzene rings is 1. The van der Waals surface area contributed by atoms with Gasteiger partial charge in [-0.25, -0.2) is 0 Å². The number of hydrogen-bond acceptors (Lipinski definition) is 3. The van der Waals surface area contributed by atoms with Gasteiger partial charge in [0.15, 0.2) is 5.96 Å². The molecule has 0 radical (unpaired) electrons. The Morgan fingerprint density at radius 2 is 2.17 bits per heavy atom. The van der Waals surface area contributed by atoms with Gasteiger partial charge in [0.25, 0.3) is 0 Å². The third-order valence-electron chi connectivity index (χ3n) is 4.28. The average Bonchev–Trinajstić information content (AvgIpc) is 2.56. The summed E-state index contributed by atoms with van der Waals surface area (Å²) in [6, 6.07) is 9.92. The van der Waals surface area contributed by atoms with Crippen LogP contribution in [0.15, 0.2) is 35.3 Å². The number of guanidine groups is 1. The molecular weight excluding hydrogens is 288 g/mol. The summed E-state index contributed by atoms with van der Waals surface area (Å²) in [6.45, 7) is 4.83. The fourth-order valence-corrected chi connectivity index (χ4v) is 2.98. The number of nitrogens with zero attached hydrogens (tertiary/aromatic N) is 3. The summed E-state index contributed by atoms with van der Waals surface area (Å²) in [7, 11) is 6.09. The third kappa shape index (κ3) is 6.10. The van der Waals surface area contributed by atoms with Gasteiger partial charge in [-0.1, -0.05) is 18.2 Å². The first-order valence-corrected chi connectivity index (χ1v) is 8.47. The molecule has 0 spiro atoms. The van der Waals surface area contributed by atoms with Crippen molar-refractivity contribution < 1.29 is 4.74 Å². The molecule has 1 aromatic carbocycles. The molecule has 0 aliphatic carbocycles. The van der Waals surface area contributed by atoms with Crippen molar-refractivity contribution in [2.24, 2.45) is 10.9 Å². The van der Waals surface area contributed by atoms with Crippen molar-refractivity contribution in [3.05, 3.63) is 30.3 Å². The second-order valence-corrected chi connectivity index (χ2v) is 6.28. The van der Waals surface area contributed by atoms with E-state index in [1.165, 1.54) is 25.9 Å². The fraction of sp³-hybridized carbons (Fsp3) is 0.611. The number of hydrogen-bond donors (Lipinski definition) is 1. The van der Waals surface area contributed by atoms with E-state index in [0.29, 0.717) is 12.5 Å². The molecular formula is C18H30N4O. The van der Waals surface area contributed by atoms with Crippen LogP contribution in [0.5, 0.6) is 5.75 Å². The van der Waals surface area contributed by atoms with Gasteiger partial charge in [-0.3, -0.25) is 4.99 Å². The number of nitrogens with one attached hydrogen (secondary N) is 1. The van der Waals surface area contributed by atoms with E-state index < -0.39 is 0 Å². The molecule has 1 unspecified atom stereocenters. The molecule has 1 atom stereocenters. The van der Waals surface area contributed by atoms with E-state index in [-0.39, 0.29) is 0 Å². The van der Waals surface area contributed by atoms with Gasteiger partial charge in [-0.2, -0.15) is 0 Å². The monoisotopic (exact) mass is 318 g/mol. The summed E-state index contributed by atoms with van der Waals surface area (Å²) in [5.74, 6) is 2.56. The molecule has 1 N–H and O–H groups in total. The molecule has 0 saturated carbocycles. The predicted octanol–water partition coefficient (Wildman–Crippen LogP) is 1.91. The van der Waals surface area contributed by atoms with Crippen LogP contribution in [-0.4, -0.2) is 69.7 Å². The van der Waals surface area contributed by atoms with E-state index in [9.17, 15) is 0 Å². The molecule has 1 heterocycles. The lowest BCUT2D eigenvalue weighted by Gasteiger charge is -2.31. The molecule has 1 aromatic rings. The minimum absolute atomic E-state index is 0.646. The first-order valence-electron chi connectivity index (χ1n) is 8.47. The highest BCUT2D eigenvalue weighted by molar-refractivity contribution is 5.79. The second-order valence-electron chi connectivity index (χ2n) is 6.28.